The second-order valence-electron chi connectivity index (χ2n) is 9.24. The number of hydrogen-bond donors (Lipinski definition) is 2. The summed E-state index contributed by atoms with van der Waals surface area (Å²) in [6.07, 6.45) is 4.36. The molecule has 1 aromatic carbocycles. The Morgan fingerprint density at radius 3 is 2.72 bits per heavy atom. The monoisotopic (exact) mass is 399 g/mol. The van der Waals surface area contributed by atoms with Crippen molar-refractivity contribution in [2.75, 3.05) is 25.0 Å². The van der Waals surface area contributed by atoms with Crippen molar-refractivity contribution in [3.05, 3.63) is 29.3 Å². The number of fused-ring (bicyclic) bond motifs is 1. The molecule has 2 N–H and O–H groups in total. The van der Waals surface area contributed by atoms with Gasteiger partial charge in [-0.15, -0.1) is 0 Å². The average Bonchev–Trinajstić information content (AvgIpc) is 3.30. The number of carboxylic acids is 1. The Labute approximate surface area is 171 Å². The summed E-state index contributed by atoms with van der Waals surface area (Å²) in [6.45, 7) is 5.52. The molecular formula is C22H29N3O4. The van der Waals surface area contributed by atoms with Crippen LogP contribution in [0.15, 0.2) is 18.2 Å². The molecule has 0 unspecified atom stereocenters. The van der Waals surface area contributed by atoms with Crippen molar-refractivity contribution in [1.29, 1.82) is 0 Å². The van der Waals surface area contributed by atoms with E-state index in [-0.39, 0.29) is 23.9 Å². The van der Waals surface area contributed by atoms with Crippen LogP contribution in [0.1, 0.15) is 55.5 Å². The fraction of sp³-hybridized carbons (Fsp3) is 0.591. The molecule has 7 nitrogen and oxygen atoms in total. The van der Waals surface area contributed by atoms with Gasteiger partial charge in [0.2, 0.25) is 5.91 Å². The first kappa shape index (κ1) is 19.9. The van der Waals surface area contributed by atoms with E-state index >= 15 is 0 Å². The molecule has 0 radical (unpaired) electrons. The number of aliphatic carboxylic acids is 1. The van der Waals surface area contributed by atoms with Crippen molar-refractivity contribution in [2.45, 2.75) is 58.0 Å². The molecule has 1 saturated heterocycles. The molecule has 29 heavy (non-hydrogen) atoms. The van der Waals surface area contributed by atoms with Gasteiger partial charge in [0.1, 0.15) is 0 Å². The number of benzene rings is 1. The van der Waals surface area contributed by atoms with Crippen LogP contribution in [0, 0.1) is 5.41 Å². The van der Waals surface area contributed by atoms with Crippen molar-refractivity contribution in [1.82, 2.24) is 9.80 Å². The Hall–Kier alpha value is -2.41. The summed E-state index contributed by atoms with van der Waals surface area (Å²) in [5.41, 5.74) is 1.49. The van der Waals surface area contributed by atoms with Gasteiger partial charge in [0.05, 0.1) is 11.8 Å². The third kappa shape index (κ3) is 4.15. The topological polar surface area (TPSA) is 90.0 Å². The second-order valence-corrected chi connectivity index (χ2v) is 9.24. The third-order valence-electron chi connectivity index (χ3n) is 6.31. The van der Waals surface area contributed by atoms with Crippen LogP contribution in [0.5, 0.6) is 0 Å². The van der Waals surface area contributed by atoms with E-state index in [1.54, 1.807) is 19.9 Å². The van der Waals surface area contributed by atoms with Crippen LogP contribution in [0.4, 0.5) is 5.69 Å². The smallest absolute Gasteiger partial charge is 0.310 e. The molecule has 1 atom stereocenters. The molecule has 2 heterocycles. The number of nitrogens with one attached hydrogen (secondary N) is 1. The van der Waals surface area contributed by atoms with Crippen LogP contribution in [-0.2, 0) is 16.0 Å². The van der Waals surface area contributed by atoms with E-state index in [1.807, 2.05) is 17.0 Å². The van der Waals surface area contributed by atoms with Crippen molar-refractivity contribution in [3.8, 4) is 0 Å². The quantitative estimate of drug-likeness (QED) is 0.735. The molecule has 4 rings (SSSR count). The third-order valence-corrected chi connectivity index (χ3v) is 6.31. The highest BCUT2D eigenvalue weighted by Crippen LogP contribution is 2.33. The fourth-order valence-electron chi connectivity index (χ4n) is 4.42. The van der Waals surface area contributed by atoms with E-state index in [0.29, 0.717) is 25.1 Å². The first-order chi connectivity index (χ1) is 13.7. The zero-order valence-corrected chi connectivity index (χ0v) is 17.1. The van der Waals surface area contributed by atoms with Gasteiger partial charge in [0.25, 0.3) is 5.91 Å². The predicted molar refractivity (Wildman–Crippen MR) is 109 cm³/mol. The van der Waals surface area contributed by atoms with Crippen LogP contribution in [0.25, 0.3) is 0 Å². The molecule has 156 valence electrons. The van der Waals surface area contributed by atoms with Gasteiger partial charge in [-0.25, -0.2) is 0 Å². The zero-order valence-electron chi connectivity index (χ0n) is 17.1. The van der Waals surface area contributed by atoms with Gasteiger partial charge in [-0.1, -0.05) is 0 Å². The molecule has 0 aromatic heterocycles. The lowest BCUT2D eigenvalue weighted by Gasteiger charge is -2.34. The van der Waals surface area contributed by atoms with E-state index in [4.69, 9.17) is 0 Å². The van der Waals surface area contributed by atoms with E-state index < -0.39 is 11.4 Å². The zero-order chi connectivity index (χ0) is 20.8. The number of likely N-dealkylation sites (tertiary alicyclic amines) is 1. The Kier molecular flexibility index (Phi) is 5.11. The number of amides is 2. The molecule has 1 aliphatic carbocycles. The fourth-order valence-corrected chi connectivity index (χ4v) is 4.42. The maximum atomic E-state index is 13.3. The lowest BCUT2D eigenvalue weighted by atomic mass is 9.92. The Morgan fingerprint density at radius 2 is 2.03 bits per heavy atom. The summed E-state index contributed by atoms with van der Waals surface area (Å²) in [4.78, 5) is 40.7. The maximum Gasteiger partial charge on any atom is 0.310 e. The Bertz CT molecular complexity index is 846. The first-order valence-corrected chi connectivity index (χ1v) is 10.5. The number of anilines is 1. The lowest BCUT2D eigenvalue weighted by Crippen LogP contribution is -2.47. The first-order valence-electron chi connectivity index (χ1n) is 10.5. The molecule has 2 aliphatic heterocycles. The Balaban J connectivity index is 1.48. The van der Waals surface area contributed by atoms with Gasteiger partial charge in [0, 0.05) is 36.4 Å². The number of carbonyl (C=O) groups excluding carboxylic acids is 2. The van der Waals surface area contributed by atoms with E-state index in [0.717, 1.165) is 43.5 Å². The lowest BCUT2D eigenvalue weighted by molar-refractivity contribution is -0.148. The molecule has 7 heteroatoms. The number of rotatable bonds is 7. The maximum absolute atomic E-state index is 13.3. The second kappa shape index (κ2) is 7.44. The van der Waals surface area contributed by atoms with Crippen molar-refractivity contribution in [3.63, 3.8) is 0 Å². The van der Waals surface area contributed by atoms with Crippen LogP contribution in [0.2, 0.25) is 0 Å². The standard InChI is InChI=1S/C22H29N3O4/c1-22(2,21(28)29)13-24-9-3-4-17(24)12-25(16-6-7-16)20(27)14-5-8-18-15(10-14)11-19(26)23-18/h5,8,10,16-17H,3-4,6-7,9,11-13H2,1-2H3,(H,23,26)(H,28,29)/t17-/m0/s1. The SMILES string of the molecule is CC(C)(CN1CCC[C@H]1CN(C(=O)c1ccc2c(c1)CC(=O)N2)C1CC1)C(=O)O. The molecule has 0 spiro atoms. The minimum atomic E-state index is -0.809. The van der Waals surface area contributed by atoms with Gasteiger partial charge in [-0.2, -0.15) is 0 Å². The van der Waals surface area contributed by atoms with Gasteiger partial charge < -0.3 is 15.3 Å². The molecule has 2 fully saturated rings. The molecule has 3 aliphatic rings. The van der Waals surface area contributed by atoms with Crippen LogP contribution in [-0.4, -0.2) is 64.4 Å². The highest BCUT2D eigenvalue weighted by molar-refractivity contribution is 6.01. The number of carbonyl (C=O) groups is 3. The number of hydrogen-bond acceptors (Lipinski definition) is 4. The normalized spacial score (nSPS) is 21.7. The van der Waals surface area contributed by atoms with Gasteiger partial charge in [-0.05, 0) is 69.8 Å². The predicted octanol–water partition coefficient (Wildman–Crippen LogP) is 2.36. The summed E-state index contributed by atoms with van der Waals surface area (Å²) in [6, 6.07) is 5.91. The Morgan fingerprint density at radius 1 is 1.28 bits per heavy atom. The van der Waals surface area contributed by atoms with E-state index in [9.17, 15) is 19.5 Å². The van der Waals surface area contributed by atoms with Crippen molar-refractivity contribution >= 4 is 23.5 Å². The summed E-state index contributed by atoms with van der Waals surface area (Å²) in [5.74, 6) is -0.815. The molecular weight excluding hydrogens is 370 g/mol. The minimum absolute atomic E-state index is 0.0130. The molecule has 1 saturated carbocycles. The van der Waals surface area contributed by atoms with E-state index in [2.05, 4.69) is 10.2 Å². The highest BCUT2D eigenvalue weighted by atomic mass is 16.4. The summed E-state index contributed by atoms with van der Waals surface area (Å²) in [5, 5.41) is 12.3. The largest absolute Gasteiger partial charge is 0.481 e. The van der Waals surface area contributed by atoms with Crippen LogP contribution in [0.3, 0.4) is 0 Å². The molecule has 2 amide bonds. The van der Waals surface area contributed by atoms with Gasteiger partial charge >= 0.3 is 5.97 Å². The van der Waals surface area contributed by atoms with Gasteiger partial charge in [0.15, 0.2) is 0 Å². The average molecular weight is 399 g/mol. The van der Waals surface area contributed by atoms with Gasteiger partial charge in [-0.3, -0.25) is 19.3 Å². The highest BCUT2D eigenvalue weighted by Gasteiger charge is 2.39. The van der Waals surface area contributed by atoms with Crippen molar-refractivity contribution < 1.29 is 19.5 Å². The van der Waals surface area contributed by atoms with Crippen LogP contribution < -0.4 is 5.32 Å². The minimum Gasteiger partial charge on any atom is -0.481 e. The number of carboxylic acid groups (broad SMARTS) is 1. The summed E-state index contributed by atoms with van der Waals surface area (Å²) >= 11 is 0. The molecule has 1 aromatic rings. The number of nitrogens with zero attached hydrogens (tertiary/aromatic N) is 2. The van der Waals surface area contributed by atoms with E-state index in [1.165, 1.54) is 0 Å². The van der Waals surface area contributed by atoms with Crippen molar-refractivity contribution in [2.24, 2.45) is 5.41 Å². The van der Waals surface area contributed by atoms with Crippen LogP contribution >= 0.6 is 0 Å². The summed E-state index contributed by atoms with van der Waals surface area (Å²) < 4.78 is 0. The summed E-state index contributed by atoms with van der Waals surface area (Å²) in [7, 11) is 0. The molecule has 0 bridgehead atoms.